The zero-order valence-corrected chi connectivity index (χ0v) is 62.3. The third-order valence-corrected chi connectivity index (χ3v) is 19.5. The molecule has 2 saturated carbocycles. The van der Waals surface area contributed by atoms with Crippen LogP contribution in [0.2, 0.25) is 0 Å². The number of hydroxylamine groups is 2. The van der Waals surface area contributed by atoms with Crippen LogP contribution in [-0.2, 0) is 97.3 Å². The Morgan fingerprint density at radius 2 is 0.898 bits per heavy atom. The monoisotopic (exact) mass is 1520 g/mol. The normalized spacial score (nSPS) is 22.7. The fourth-order valence-electron chi connectivity index (χ4n) is 13.6. The maximum atomic E-state index is 12.7. The highest BCUT2D eigenvalue weighted by Gasteiger charge is 2.51. The lowest BCUT2D eigenvalue weighted by molar-refractivity contribution is -0.177. The van der Waals surface area contributed by atoms with Gasteiger partial charge in [-0.25, -0.2) is 14.4 Å². The van der Waals surface area contributed by atoms with Crippen LogP contribution < -0.4 is 16.4 Å². The number of benzene rings is 1. The topological polar surface area (TPSA) is 426 Å². The number of unbranched alkanes of at least 4 members (excludes halogenated alkanes) is 1. The first-order chi connectivity index (χ1) is 51.8. The summed E-state index contributed by atoms with van der Waals surface area (Å²) in [5.41, 5.74) is 6.23. The number of carbonyl (C=O) groups is 14. The van der Waals surface area contributed by atoms with Crippen LogP contribution in [0, 0.1) is 59.2 Å². The number of carboxylic acid groups (broad SMARTS) is 2. The summed E-state index contributed by atoms with van der Waals surface area (Å²) in [4.78, 5) is 177. The maximum Gasteiger partial charge on any atom is 0.533 e. The smallest absolute Gasteiger partial charge is 0.480 e. The van der Waals surface area contributed by atoms with Gasteiger partial charge in [-0.2, -0.15) is 0 Å². The number of ether oxygens (including phenoxy) is 7. The molecule has 8 aliphatic rings. The van der Waals surface area contributed by atoms with Crippen LogP contribution in [0.5, 0.6) is 0 Å². The number of hydrogen-bond donors (Lipinski definition) is 5. The van der Waals surface area contributed by atoms with Gasteiger partial charge in [0.1, 0.15) is 26.4 Å². The molecule has 0 radical (unpaired) electrons. The molecule has 34 heteroatoms. The minimum absolute atomic E-state index is 0.0201. The van der Waals surface area contributed by atoms with Crippen molar-refractivity contribution in [3.05, 3.63) is 35.9 Å². The van der Waals surface area contributed by atoms with Crippen molar-refractivity contribution in [1.29, 1.82) is 0 Å². The number of amides is 7. The van der Waals surface area contributed by atoms with E-state index in [1.807, 2.05) is 42.2 Å². The van der Waals surface area contributed by atoms with E-state index in [1.54, 1.807) is 24.5 Å². The van der Waals surface area contributed by atoms with Crippen LogP contribution >= 0.6 is 0 Å². The lowest BCUT2D eigenvalue weighted by Crippen LogP contribution is -2.57. The molecule has 108 heavy (non-hydrogen) atoms. The van der Waals surface area contributed by atoms with Gasteiger partial charge in [-0.15, -0.1) is 23.7 Å². The van der Waals surface area contributed by atoms with Crippen molar-refractivity contribution in [3.63, 3.8) is 0 Å². The van der Waals surface area contributed by atoms with E-state index in [4.69, 9.17) is 49.1 Å². The summed E-state index contributed by atoms with van der Waals surface area (Å²) in [6, 6.07) is 8.31. The minimum atomic E-state index is -0.978. The van der Waals surface area contributed by atoms with Crippen LogP contribution in [-0.4, -0.2) is 284 Å². The molecular formula is C74H106N10O24. The van der Waals surface area contributed by atoms with Gasteiger partial charge in [0.05, 0.1) is 57.6 Å². The number of aliphatic carboxylic acids is 2. The van der Waals surface area contributed by atoms with E-state index in [-0.39, 0.29) is 153 Å². The first kappa shape index (κ1) is 87.3. The summed E-state index contributed by atoms with van der Waals surface area (Å²) in [7, 11) is 0. The predicted molar refractivity (Wildman–Crippen MR) is 381 cm³/mol. The van der Waals surface area contributed by atoms with Crippen molar-refractivity contribution in [3.8, 4) is 23.7 Å². The highest BCUT2D eigenvalue weighted by Crippen LogP contribution is 2.53. The molecular weight excluding hydrogens is 1410 g/mol. The number of nitrogens with two attached hydrogens (primary N) is 1. The van der Waals surface area contributed by atoms with Crippen molar-refractivity contribution in [2.24, 2.45) is 41.2 Å². The van der Waals surface area contributed by atoms with E-state index in [9.17, 15) is 67.1 Å². The Bertz CT molecular complexity index is 3310. The molecule has 5 unspecified atom stereocenters. The molecule has 4 aliphatic heterocycles. The number of carboxylic acids is 2. The number of carbonyl (C=O) groups excluding carboxylic acids is 12. The van der Waals surface area contributed by atoms with Crippen LogP contribution in [0.4, 0.5) is 14.4 Å². The van der Waals surface area contributed by atoms with Crippen molar-refractivity contribution in [1.82, 2.24) is 45.1 Å². The number of imide groups is 1. The number of hydrogen-bond acceptors (Lipinski definition) is 26. The maximum absolute atomic E-state index is 12.7. The molecule has 0 spiro atoms. The van der Waals surface area contributed by atoms with E-state index < -0.39 is 60.0 Å². The summed E-state index contributed by atoms with van der Waals surface area (Å²) in [5, 5.41) is 23.7. The SMILES string of the molecule is CC(=O)OCC1CN(C(=O)CCN)CCN1CC(=O)O.CC(=O)OCC1CN(C(=O)CCNC(=O)OCC2[C@H]3CCC#CCC[C@@H]23)CCN1CC(=O)O.CCCCOC(=O)CN1CCN(C(=O)CCNC(=O)OCc2ccccc2)CC1COC(C)=O.O=C(OCC1[C@H]2CCC#CCC[C@@H]12)ON1C(=O)CCC1=O. The molecule has 0 aromatic heterocycles. The number of rotatable bonds is 30. The molecule has 0 bridgehead atoms. The van der Waals surface area contributed by atoms with E-state index in [0.29, 0.717) is 106 Å². The Balaban J connectivity index is 0.000000231. The molecule has 34 nitrogen and oxygen atoms in total. The lowest BCUT2D eigenvalue weighted by atomic mass is 10.1. The molecule has 6 N–H and O–H groups in total. The van der Waals surface area contributed by atoms with Crippen molar-refractivity contribution >= 4 is 83.7 Å². The largest absolute Gasteiger partial charge is 0.533 e. The minimum Gasteiger partial charge on any atom is -0.480 e. The van der Waals surface area contributed by atoms with Crippen LogP contribution in [0.3, 0.4) is 0 Å². The highest BCUT2D eigenvalue weighted by atomic mass is 16.8. The van der Waals surface area contributed by atoms with Gasteiger partial charge in [0, 0.05) is 157 Å². The lowest BCUT2D eigenvalue weighted by Gasteiger charge is -2.40. The predicted octanol–water partition coefficient (Wildman–Crippen LogP) is 2.56. The Morgan fingerprint density at radius 1 is 0.500 bits per heavy atom. The van der Waals surface area contributed by atoms with Gasteiger partial charge in [0.15, 0.2) is 0 Å². The summed E-state index contributed by atoms with van der Waals surface area (Å²) >= 11 is 0. The van der Waals surface area contributed by atoms with Crippen LogP contribution in [0.1, 0.15) is 130 Å². The zero-order chi connectivity index (χ0) is 78.5. The number of alkyl carbamates (subject to hydrolysis) is 2. The van der Waals surface area contributed by atoms with Gasteiger partial charge < -0.3 is 74.4 Å². The average Bonchev–Trinajstić information content (AvgIpc) is 1.63. The van der Waals surface area contributed by atoms with Crippen molar-refractivity contribution in [2.45, 2.75) is 149 Å². The number of nitrogens with zero attached hydrogens (tertiary/aromatic N) is 7. The molecule has 6 fully saturated rings. The van der Waals surface area contributed by atoms with E-state index in [2.05, 4.69) is 39.2 Å². The first-order valence-corrected chi connectivity index (χ1v) is 37.1. The molecule has 9 rings (SSSR count). The van der Waals surface area contributed by atoms with Gasteiger partial charge in [-0.3, -0.25) is 72.3 Å². The van der Waals surface area contributed by atoms with E-state index >= 15 is 0 Å². The molecule has 4 heterocycles. The van der Waals surface area contributed by atoms with Crippen molar-refractivity contribution in [2.75, 3.05) is 138 Å². The van der Waals surface area contributed by atoms with Gasteiger partial charge in [-0.05, 0) is 73.2 Å². The fraction of sp³-hybridized carbons (Fsp3) is 0.676. The van der Waals surface area contributed by atoms with E-state index in [0.717, 1.165) is 69.8 Å². The second kappa shape index (κ2) is 46.5. The molecule has 9 atom stereocenters. The van der Waals surface area contributed by atoms with Gasteiger partial charge in [-0.1, -0.05) is 48.7 Å². The quantitative estimate of drug-likeness (QED) is 0.0243. The molecule has 4 saturated heterocycles. The van der Waals surface area contributed by atoms with E-state index in [1.165, 1.54) is 20.8 Å². The number of piperazine rings is 3. The highest BCUT2D eigenvalue weighted by molar-refractivity contribution is 6.01. The second-order valence-corrected chi connectivity index (χ2v) is 27.3. The van der Waals surface area contributed by atoms with Crippen LogP contribution in [0.25, 0.3) is 0 Å². The molecule has 596 valence electrons. The zero-order valence-electron chi connectivity index (χ0n) is 62.3. The number of nitrogens with one attached hydrogen (secondary N) is 2. The summed E-state index contributed by atoms with van der Waals surface area (Å²) < 4.78 is 35.9. The first-order valence-electron chi connectivity index (χ1n) is 37.1. The standard InChI is InChI=1S/C24H35N3O7.C23H33N3O7.C15H17NO5.C12H21N3O5/c1-3-4-14-32-23(30)16-26-12-13-27(15-21(26)18-33-19(2)28)22(29)10-11-25-24(31)34-17-20-8-6-5-7-9-20;1-16(27)32-14-17-12-26(11-10-25(17)13-22(29)30)21(28)8-9-24-23(31)33-15-20-18-6-4-2-3-5-7-19(18)20;17-13-7-8-14(18)16(13)21-15(19)20-9-12-10-5-3-1-2-4-6-11(10)12;1-9(16)20-8-10-6-15(11(17)2-3-13)5-4-14(10)7-12(18)19/h5-9,21H,3-4,10-18H2,1-2H3,(H,25,31);17-20H,4-15H2,1H3,(H,24,31)(H,29,30);10-12H,3-9H2;10H,2-8,13H2,1H3,(H,18,19)/t;17?,18-,19+,20?;10-,11+,12?;. The second-order valence-electron chi connectivity index (χ2n) is 27.3. The average molecular weight is 1520 g/mol. The Hall–Kier alpha value is -9.64. The third kappa shape index (κ3) is 31.7. The summed E-state index contributed by atoms with van der Waals surface area (Å²) in [6.45, 7) is 11.1. The van der Waals surface area contributed by atoms with Gasteiger partial charge in [0.25, 0.3) is 11.8 Å². The molecule has 1 aromatic rings. The van der Waals surface area contributed by atoms with Crippen molar-refractivity contribution < 1.29 is 115 Å². The summed E-state index contributed by atoms with van der Waals surface area (Å²) in [5.74, 6) is 10.8. The molecule has 4 aliphatic carbocycles. The number of fused-ring (bicyclic) bond motifs is 2. The Kier molecular flexibility index (Phi) is 37.6. The third-order valence-electron chi connectivity index (χ3n) is 19.5. The Labute approximate surface area is 629 Å². The van der Waals surface area contributed by atoms with Crippen LogP contribution in [0.15, 0.2) is 30.3 Å². The van der Waals surface area contributed by atoms with Gasteiger partial charge in [0.2, 0.25) is 17.7 Å². The number of esters is 4. The Morgan fingerprint density at radius 3 is 1.30 bits per heavy atom. The fourth-order valence-corrected chi connectivity index (χ4v) is 13.6. The van der Waals surface area contributed by atoms with Gasteiger partial charge >= 0.3 is 54.2 Å². The molecule has 7 amide bonds. The molecule has 1 aromatic carbocycles. The summed E-state index contributed by atoms with van der Waals surface area (Å²) in [6.07, 6.45) is 8.17.